The molecule has 0 unspecified atom stereocenters. The second-order valence-electron chi connectivity index (χ2n) is 5.12. The zero-order valence-electron chi connectivity index (χ0n) is 11.8. The summed E-state index contributed by atoms with van der Waals surface area (Å²) in [6, 6.07) is 2.67. The Hall–Kier alpha value is -1.80. The van der Waals surface area contributed by atoms with Crippen LogP contribution in [-0.4, -0.2) is 38.9 Å². The van der Waals surface area contributed by atoms with Crippen LogP contribution in [0.15, 0.2) is 30.2 Å². The number of amides is 1. The Morgan fingerprint density at radius 3 is 2.59 bits per heavy atom. The monoisotopic (exact) mass is 330 g/mol. The largest absolute Gasteiger partial charge is 0.338 e. The van der Waals surface area contributed by atoms with Crippen LogP contribution in [0.2, 0.25) is 0 Å². The molecule has 1 fully saturated rings. The SMILES string of the molecule is C=CS(=O)(=O)NC[C@H]1CCN(C(=O)c2cc(F)cc(F)c2)C1. The summed E-state index contributed by atoms with van der Waals surface area (Å²) in [4.78, 5) is 13.7. The van der Waals surface area contributed by atoms with E-state index in [1.165, 1.54) is 4.90 Å². The predicted molar refractivity (Wildman–Crippen MR) is 77.5 cm³/mol. The molecule has 1 aromatic carbocycles. The molecule has 0 radical (unpaired) electrons. The molecule has 1 amide bonds. The summed E-state index contributed by atoms with van der Waals surface area (Å²) in [5.41, 5.74) is -0.0511. The van der Waals surface area contributed by atoms with E-state index in [0.29, 0.717) is 25.6 Å². The first-order valence-corrected chi connectivity index (χ1v) is 8.23. The van der Waals surface area contributed by atoms with Gasteiger partial charge in [-0.2, -0.15) is 0 Å². The Labute approximate surface area is 127 Å². The molecule has 1 heterocycles. The fraction of sp³-hybridized carbons (Fsp3) is 0.357. The third-order valence-electron chi connectivity index (χ3n) is 3.48. The topological polar surface area (TPSA) is 66.5 Å². The fourth-order valence-corrected chi connectivity index (χ4v) is 2.92. The highest BCUT2D eigenvalue weighted by Gasteiger charge is 2.28. The van der Waals surface area contributed by atoms with Crippen molar-refractivity contribution >= 4 is 15.9 Å². The van der Waals surface area contributed by atoms with Gasteiger partial charge in [-0.1, -0.05) is 6.58 Å². The minimum absolute atomic E-state index is 0.0444. The number of rotatable bonds is 5. The number of hydrogen-bond donors (Lipinski definition) is 1. The third kappa shape index (κ3) is 4.11. The van der Waals surface area contributed by atoms with Crippen molar-refractivity contribution in [2.24, 2.45) is 5.92 Å². The average molecular weight is 330 g/mol. The van der Waals surface area contributed by atoms with Gasteiger partial charge in [-0.25, -0.2) is 21.9 Å². The number of hydrogen-bond acceptors (Lipinski definition) is 3. The van der Waals surface area contributed by atoms with E-state index >= 15 is 0 Å². The van der Waals surface area contributed by atoms with Gasteiger partial charge < -0.3 is 4.90 Å². The highest BCUT2D eigenvalue weighted by atomic mass is 32.2. The Kier molecular flexibility index (Phi) is 4.92. The molecule has 1 saturated heterocycles. The molecule has 1 atom stereocenters. The Balaban J connectivity index is 1.98. The van der Waals surface area contributed by atoms with E-state index in [0.717, 1.165) is 17.5 Å². The van der Waals surface area contributed by atoms with E-state index in [1.54, 1.807) is 0 Å². The van der Waals surface area contributed by atoms with Crippen LogP contribution in [0.5, 0.6) is 0 Å². The van der Waals surface area contributed by atoms with Crippen LogP contribution >= 0.6 is 0 Å². The number of carbonyl (C=O) groups excluding carboxylic acids is 1. The highest BCUT2D eigenvalue weighted by molar-refractivity contribution is 7.92. The minimum atomic E-state index is -3.50. The normalized spacial score (nSPS) is 18.5. The molecule has 1 aliphatic rings. The van der Waals surface area contributed by atoms with Crippen molar-refractivity contribution in [3.05, 3.63) is 47.4 Å². The number of benzene rings is 1. The van der Waals surface area contributed by atoms with Gasteiger partial charge in [-0.3, -0.25) is 4.79 Å². The Bertz CT molecular complexity index is 671. The molecule has 0 spiro atoms. The van der Waals surface area contributed by atoms with Crippen LogP contribution in [0.1, 0.15) is 16.8 Å². The van der Waals surface area contributed by atoms with Crippen molar-refractivity contribution in [3.8, 4) is 0 Å². The summed E-state index contributed by atoms with van der Waals surface area (Å²) >= 11 is 0. The lowest BCUT2D eigenvalue weighted by Gasteiger charge is -2.17. The molecule has 1 aromatic rings. The first-order chi connectivity index (χ1) is 10.3. The summed E-state index contributed by atoms with van der Waals surface area (Å²) in [6.45, 7) is 4.13. The average Bonchev–Trinajstić information content (AvgIpc) is 2.92. The molecule has 0 aliphatic carbocycles. The Morgan fingerprint density at radius 2 is 2.00 bits per heavy atom. The van der Waals surface area contributed by atoms with Crippen molar-refractivity contribution < 1.29 is 22.0 Å². The molecule has 1 N–H and O–H groups in total. The zero-order chi connectivity index (χ0) is 16.3. The van der Waals surface area contributed by atoms with Gasteiger partial charge in [-0.05, 0) is 24.5 Å². The molecule has 1 aliphatic heterocycles. The fourth-order valence-electron chi connectivity index (χ4n) is 2.34. The van der Waals surface area contributed by atoms with Crippen molar-refractivity contribution in [2.75, 3.05) is 19.6 Å². The van der Waals surface area contributed by atoms with E-state index in [2.05, 4.69) is 11.3 Å². The summed E-state index contributed by atoms with van der Waals surface area (Å²) < 4.78 is 51.2. The maximum atomic E-state index is 13.1. The van der Waals surface area contributed by atoms with Gasteiger partial charge in [0.2, 0.25) is 10.0 Å². The summed E-state index contributed by atoms with van der Waals surface area (Å²) in [7, 11) is -3.50. The number of sulfonamides is 1. The van der Waals surface area contributed by atoms with Crippen LogP contribution in [0, 0.1) is 17.6 Å². The van der Waals surface area contributed by atoms with Gasteiger partial charge in [0.1, 0.15) is 11.6 Å². The van der Waals surface area contributed by atoms with Gasteiger partial charge in [0.05, 0.1) is 0 Å². The number of likely N-dealkylation sites (tertiary alicyclic amines) is 1. The lowest BCUT2D eigenvalue weighted by molar-refractivity contribution is 0.0786. The van der Waals surface area contributed by atoms with Gasteiger partial charge >= 0.3 is 0 Å². The third-order valence-corrected chi connectivity index (χ3v) is 4.48. The number of nitrogens with one attached hydrogen (secondary N) is 1. The standard InChI is InChI=1S/C14H16F2N2O3S/c1-2-22(20,21)17-8-10-3-4-18(9-10)14(19)11-5-12(15)7-13(16)6-11/h2,5-7,10,17H,1,3-4,8-9H2/t10-/m1/s1. The summed E-state index contributed by atoms with van der Waals surface area (Å²) in [5, 5.41) is 0.820. The van der Waals surface area contributed by atoms with E-state index in [-0.39, 0.29) is 18.0 Å². The molecule has 5 nitrogen and oxygen atoms in total. The van der Waals surface area contributed by atoms with Crippen LogP contribution in [-0.2, 0) is 10.0 Å². The van der Waals surface area contributed by atoms with Crippen molar-refractivity contribution in [3.63, 3.8) is 0 Å². The number of halogens is 2. The minimum Gasteiger partial charge on any atom is -0.338 e. The lowest BCUT2D eigenvalue weighted by Crippen LogP contribution is -2.32. The number of carbonyl (C=O) groups is 1. The molecular formula is C14H16F2N2O3S. The smallest absolute Gasteiger partial charge is 0.254 e. The lowest BCUT2D eigenvalue weighted by atomic mass is 10.1. The number of nitrogens with zero attached hydrogens (tertiary/aromatic N) is 1. The van der Waals surface area contributed by atoms with Crippen LogP contribution in [0.25, 0.3) is 0 Å². The summed E-state index contributed by atoms with van der Waals surface area (Å²) in [6.07, 6.45) is 0.614. The van der Waals surface area contributed by atoms with E-state index < -0.39 is 27.6 Å². The molecule has 120 valence electrons. The Morgan fingerprint density at radius 1 is 1.36 bits per heavy atom. The maximum Gasteiger partial charge on any atom is 0.254 e. The van der Waals surface area contributed by atoms with Crippen LogP contribution in [0.3, 0.4) is 0 Å². The van der Waals surface area contributed by atoms with Gasteiger partial charge in [0.25, 0.3) is 5.91 Å². The first-order valence-electron chi connectivity index (χ1n) is 6.68. The molecular weight excluding hydrogens is 314 g/mol. The van der Waals surface area contributed by atoms with Gasteiger partial charge in [-0.15, -0.1) is 0 Å². The predicted octanol–water partition coefficient (Wildman–Crippen LogP) is 1.49. The van der Waals surface area contributed by atoms with Gasteiger partial charge in [0.15, 0.2) is 0 Å². The molecule has 0 aromatic heterocycles. The second-order valence-corrected chi connectivity index (χ2v) is 6.84. The molecule has 8 heteroatoms. The van der Waals surface area contributed by atoms with Crippen LogP contribution in [0.4, 0.5) is 8.78 Å². The van der Waals surface area contributed by atoms with Crippen molar-refractivity contribution in [1.29, 1.82) is 0 Å². The highest BCUT2D eigenvalue weighted by Crippen LogP contribution is 2.19. The van der Waals surface area contributed by atoms with E-state index in [1.807, 2.05) is 0 Å². The second kappa shape index (κ2) is 6.53. The van der Waals surface area contributed by atoms with Crippen LogP contribution < -0.4 is 4.72 Å². The molecule has 0 saturated carbocycles. The zero-order valence-corrected chi connectivity index (χ0v) is 12.6. The molecule has 0 bridgehead atoms. The first kappa shape index (κ1) is 16.6. The summed E-state index contributed by atoms with van der Waals surface area (Å²) in [5.74, 6) is -2.12. The van der Waals surface area contributed by atoms with Gasteiger partial charge in [0, 0.05) is 36.7 Å². The maximum absolute atomic E-state index is 13.1. The van der Waals surface area contributed by atoms with Crippen molar-refractivity contribution in [1.82, 2.24) is 9.62 Å². The van der Waals surface area contributed by atoms with E-state index in [9.17, 15) is 22.0 Å². The quantitative estimate of drug-likeness (QED) is 0.889. The molecule has 22 heavy (non-hydrogen) atoms. The van der Waals surface area contributed by atoms with Crippen molar-refractivity contribution in [2.45, 2.75) is 6.42 Å². The van der Waals surface area contributed by atoms with E-state index in [4.69, 9.17) is 0 Å². The molecule has 2 rings (SSSR count).